The molecule has 0 spiro atoms. The van der Waals surface area contributed by atoms with E-state index in [0.29, 0.717) is 13.0 Å². The summed E-state index contributed by atoms with van der Waals surface area (Å²) in [5.74, 6) is 0.143. The maximum Gasteiger partial charge on any atom is 0.162 e. The van der Waals surface area contributed by atoms with E-state index in [4.69, 9.17) is 5.11 Å². The molecular weight excluding hydrogens is 266 g/mol. The summed E-state index contributed by atoms with van der Waals surface area (Å²) in [4.78, 5) is 13.6. The predicted molar refractivity (Wildman–Crippen MR) is 84.9 cm³/mol. The minimum absolute atomic E-state index is 0.143. The number of aliphatic hydroxyl groups is 2. The first-order valence-corrected chi connectivity index (χ1v) is 7.12. The number of carbonyl (C=O) groups excluding carboxylic acids is 1. The lowest BCUT2D eigenvalue weighted by molar-refractivity contribution is 0.0988. The molecule has 0 saturated heterocycles. The van der Waals surface area contributed by atoms with Gasteiger partial charge in [-0.15, -0.1) is 0 Å². The molecule has 4 nitrogen and oxygen atoms in total. The number of Topliss-reactive ketones (excluding diaryl/α,β-unsaturated/α-hetero) is 1. The van der Waals surface area contributed by atoms with Crippen LogP contribution in [-0.2, 0) is 0 Å². The highest BCUT2D eigenvalue weighted by Crippen LogP contribution is 2.23. The lowest BCUT2D eigenvalue weighted by Gasteiger charge is -2.22. The van der Waals surface area contributed by atoms with E-state index in [0.717, 1.165) is 22.0 Å². The smallest absolute Gasteiger partial charge is 0.162 e. The van der Waals surface area contributed by atoms with E-state index in [1.807, 2.05) is 55.3 Å². The number of anilines is 1. The van der Waals surface area contributed by atoms with Crippen molar-refractivity contribution in [2.24, 2.45) is 0 Å². The van der Waals surface area contributed by atoms with Gasteiger partial charge in [0.05, 0.1) is 12.7 Å². The Balaban J connectivity index is 2.28. The largest absolute Gasteiger partial charge is 0.394 e. The fourth-order valence-electron chi connectivity index (χ4n) is 2.33. The van der Waals surface area contributed by atoms with Crippen molar-refractivity contribution in [1.29, 1.82) is 0 Å². The van der Waals surface area contributed by atoms with Gasteiger partial charge in [-0.05, 0) is 29.0 Å². The highest BCUT2D eigenvalue weighted by atomic mass is 16.3. The molecule has 0 aliphatic rings. The second-order valence-corrected chi connectivity index (χ2v) is 5.24. The lowest BCUT2D eigenvalue weighted by atomic mass is 10.0. The molecule has 0 aliphatic heterocycles. The number of fused-ring (bicyclic) bond motifs is 1. The number of nitrogens with zero attached hydrogens (tertiary/aromatic N) is 1. The zero-order chi connectivity index (χ0) is 15.4. The average Bonchev–Trinajstić information content (AvgIpc) is 2.52. The summed E-state index contributed by atoms with van der Waals surface area (Å²) < 4.78 is 0. The Morgan fingerprint density at radius 3 is 2.52 bits per heavy atom. The summed E-state index contributed by atoms with van der Waals surface area (Å²) >= 11 is 0. The van der Waals surface area contributed by atoms with Gasteiger partial charge in [-0.1, -0.05) is 25.1 Å². The van der Waals surface area contributed by atoms with Gasteiger partial charge in [0.2, 0.25) is 0 Å². The van der Waals surface area contributed by atoms with Gasteiger partial charge in [0.1, 0.15) is 0 Å². The van der Waals surface area contributed by atoms with Gasteiger partial charge >= 0.3 is 0 Å². The van der Waals surface area contributed by atoms with Gasteiger partial charge < -0.3 is 15.1 Å². The van der Waals surface area contributed by atoms with E-state index >= 15 is 0 Å². The topological polar surface area (TPSA) is 60.8 Å². The van der Waals surface area contributed by atoms with Gasteiger partial charge in [-0.3, -0.25) is 4.79 Å². The fourth-order valence-corrected chi connectivity index (χ4v) is 2.33. The van der Waals surface area contributed by atoms with Crippen molar-refractivity contribution in [2.75, 3.05) is 25.1 Å². The van der Waals surface area contributed by atoms with Crippen molar-refractivity contribution in [3.63, 3.8) is 0 Å². The number of hydrogen-bond acceptors (Lipinski definition) is 4. The predicted octanol–water partition coefficient (Wildman–Crippen LogP) is 2.22. The summed E-state index contributed by atoms with van der Waals surface area (Å²) in [5, 5.41) is 20.5. The van der Waals surface area contributed by atoms with Crippen LogP contribution >= 0.6 is 0 Å². The van der Waals surface area contributed by atoms with E-state index in [2.05, 4.69) is 0 Å². The van der Waals surface area contributed by atoms with Gasteiger partial charge in [-0.25, -0.2) is 0 Å². The van der Waals surface area contributed by atoms with Crippen LogP contribution in [0.4, 0.5) is 5.69 Å². The third-order valence-corrected chi connectivity index (χ3v) is 3.60. The molecule has 21 heavy (non-hydrogen) atoms. The van der Waals surface area contributed by atoms with E-state index in [1.54, 1.807) is 0 Å². The molecule has 2 rings (SSSR count). The van der Waals surface area contributed by atoms with Crippen molar-refractivity contribution in [1.82, 2.24) is 0 Å². The molecule has 0 saturated carbocycles. The zero-order valence-corrected chi connectivity index (χ0v) is 12.4. The summed E-state index contributed by atoms with van der Waals surface area (Å²) in [7, 11) is 1.87. The van der Waals surface area contributed by atoms with Crippen LogP contribution in [0.15, 0.2) is 36.4 Å². The molecule has 2 aromatic carbocycles. The number of ketones is 1. The number of likely N-dealkylation sites (N-methyl/N-ethyl adjacent to an activating group) is 1. The highest BCUT2D eigenvalue weighted by Gasteiger charge is 2.09. The minimum atomic E-state index is -0.754. The standard InChI is InChI=1S/C17H21NO3/c1-3-17(21)14-5-4-13-9-15(7-6-12(13)8-14)18(2)10-16(20)11-19/h4-9,16,19-20H,3,10-11H2,1-2H3. The van der Waals surface area contributed by atoms with Crippen LogP contribution in [0.1, 0.15) is 23.7 Å². The van der Waals surface area contributed by atoms with Crippen LogP contribution in [0.2, 0.25) is 0 Å². The van der Waals surface area contributed by atoms with Crippen molar-refractivity contribution in [3.05, 3.63) is 42.0 Å². The van der Waals surface area contributed by atoms with Gasteiger partial charge in [0.15, 0.2) is 5.78 Å². The third-order valence-electron chi connectivity index (χ3n) is 3.60. The van der Waals surface area contributed by atoms with Gasteiger partial charge in [0, 0.05) is 31.3 Å². The van der Waals surface area contributed by atoms with E-state index in [9.17, 15) is 9.90 Å². The molecule has 112 valence electrons. The average molecular weight is 287 g/mol. The monoisotopic (exact) mass is 287 g/mol. The first-order chi connectivity index (χ1) is 10.0. The first-order valence-electron chi connectivity index (χ1n) is 7.12. The molecule has 1 atom stereocenters. The summed E-state index contributed by atoms with van der Waals surface area (Å²) in [5.41, 5.74) is 1.70. The van der Waals surface area contributed by atoms with Crippen LogP contribution < -0.4 is 4.90 Å². The van der Waals surface area contributed by atoms with Crippen LogP contribution in [0.3, 0.4) is 0 Å². The molecule has 0 radical (unpaired) electrons. The molecule has 0 heterocycles. The number of carbonyl (C=O) groups is 1. The third kappa shape index (κ3) is 3.60. The first kappa shape index (κ1) is 15.5. The second kappa shape index (κ2) is 6.70. The Kier molecular flexibility index (Phi) is 4.94. The molecule has 0 aromatic heterocycles. The molecule has 2 N–H and O–H groups in total. The van der Waals surface area contributed by atoms with Crippen LogP contribution in [0.5, 0.6) is 0 Å². The normalized spacial score (nSPS) is 12.4. The summed E-state index contributed by atoms with van der Waals surface area (Å²) in [6, 6.07) is 11.6. The van der Waals surface area contributed by atoms with Crippen LogP contribution in [0.25, 0.3) is 10.8 Å². The second-order valence-electron chi connectivity index (χ2n) is 5.24. The zero-order valence-electron chi connectivity index (χ0n) is 12.4. The van der Waals surface area contributed by atoms with E-state index in [-0.39, 0.29) is 12.4 Å². The molecule has 0 amide bonds. The minimum Gasteiger partial charge on any atom is -0.394 e. The number of rotatable bonds is 6. The number of aliphatic hydroxyl groups excluding tert-OH is 2. The molecule has 2 aromatic rings. The Morgan fingerprint density at radius 2 is 1.86 bits per heavy atom. The Labute approximate surface area is 124 Å². The summed E-state index contributed by atoms with van der Waals surface area (Å²) in [6.07, 6.45) is -0.249. The SMILES string of the molecule is CCC(=O)c1ccc2cc(N(C)CC(O)CO)ccc2c1. The van der Waals surface area contributed by atoms with Crippen molar-refractivity contribution in [2.45, 2.75) is 19.4 Å². The molecule has 0 bridgehead atoms. The van der Waals surface area contributed by atoms with Crippen molar-refractivity contribution >= 4 is 22.2 Å². The molecular formula is C17H21NO3. The van der Waals surface area contributed by atoms with Gasteiger partial charge in [0.25, 0.3) is 0 Å². The number of benzene rings is 2. The molecule has 0 aliphatic carbocycles. The van der Waals surface area contributed by atoms with E-state index < -0.39 is 6.10 Å². The van der Waals surface area contributed by atoms with Crippen molar-refractivity contribution < 1.29 is 15.0 Å². The molecule has 0 fully saturated rings. The Hall–Kier alpha value is -1.91. The lowest BCUT2D eigenvalue weighted by Crippen LogP contribution is -2.31. The molecule has 1 unspecified atom stereocenters. The maximum absolute atomic E-state index is 11.7. The molecule has 4 heteroatoms. The number of hydrogen-bond donors (Lipinski definition) is 2. The van der Waals surface area contributed by atoms with Crippen LogP contribution in [-0.4, -0.2) is 42.3 Å². The quantitative estimate of drug-likeness (QED) is 0.800. The maximum atomic E-state index is 11.7. The van der Waals surface area contributed by atoms with Gasteiger partial charge in [-0.2, -0.15) is 0 Å². The Morgan fingerprint density at radius 1 is 1.19 bits per heavy atom. The highest BCUT2D eigenvalue weighted by molar-refractivity contribution is 6.00. The fraction of sp³-hybridized carbons (Fsp3) is 0.353. The van der Waals surface area contributed by atoms with E-state index in [1.165, 1.54) is 0 Å². The van der Waals surface area contributed by atoms with Crippen LogP contribution in [0, 0.1) is 0 Å². The Bertz CT molecular complexity index is 639. The van der Waals surface area contributed by atoms with Crippen molar-refractivity contribution in [3.8, 4) is 0 Å². The summed E-state index contributed by atoms with van der Waals surface area (Å²) in [6.45, 7) is 1.98.